The van der Waals surface area contributed by atoms with E-state index in [4.69, 9.17) is 10.5 Å². The Balaban J connectivity index is 1.23. The van der Waals surface area contributed by atoms with E-state index in [1.54, 1.807) is 0 Å². The van der Waals surface area contributed by atoms with Crippen molar-refractivity contribution in [3.05, 3.63) is 48.3 Å². The summed E-state index contributed by atoms with van der Waals surface area (Å²) in [7, 11) is 0. The minimum atomic E-state index is -0.352. The van der Waals surface area contributed by atoms with E-state index in [-0.39, 0.29) is 18.6 Å². The largest absolute Gasteiger partial charge is 0.490 e. The van der Waals surface area contributed by atoms with E-state index in [1.165, 1.54) is 12.8 Å². The molecule has 0 radical (unpaired) electrons. The summed E-state index contributed by atoms with van der Waals surface area (Å²) < 4.78 is 8.20. The predicted octanol–water partition coefficient (Wildman–Crippen LogP) is 2.84. The van der Waals surface area contributed by atoms with Crippen molar-refractivity contribution < 1.29 is 9.53 Å². The Bertz CT molecular complexity index is 1020. The van der Waals surface area contributed by atoms with E-state index in [1.807, 2.05) is 35.0 Å². The summed E-state index contributed by atoms with van der Waals surface area (Å²) >= 11 is 0. The average molecular weight is 391 g/mol. The summed E-state index contributed by atoms with van der Waals surface area (Å²) in [6.07, 6.45) is 6.41. The van der Waals surface area contributed by atoms with E-state index in [2.05, 4.69) is 27.2 Å². The lowest BCUT2D eigenvalue weighted by atomic mass is 10.1. The number of amides is 1. The molecule has 0 bridgehead atoms. The minimum Gasteiger partial charge on any atom is -0.490 e. The molecule has 5 rings (SSSR count). The first-order valence-electron chi connectivity index (χ1n) is 10.3. The lowest BCUT2D eigenvalue weighted by Gasteiger charge is -2.32. The fraction of sp³-hybridized carbons (Fsp3) is 0.409. The van der Waals surface area contributed by atoms with Crippen LogP contribution in [0.1, 0.15) is 37.3 Å². The molecule has 1 aliphatic carbocycles. The van der Waals surface area contributed by atoms with Crippen molar-refractivity contribution in [1.82, 2.24) is 14.8 Å². The molecule has 29 heavy (non-hydrogen) atoms. The molecule has 150 valence electrons. The van der Waals surface area contributed by atoms with E-state index < -0.39 is 0 Å². The van der Waals surface area contributed by atoms with Gasteiger partial charge in [0.15, 0.2) is 5.82 Å². The van der Waals surface area contributed by atoms with Crippen LogP contribution in [0, 0.1) is 0 Å². The summed E-state index contributed by atoms with van der Waals surface area (Å²) in [6, 6.07) is 12.1. The number of piperidine rings is 1. The smallest absolute Gasteiger partial charge is 0.237 e. The van der Waals surface area contributed by atoms with Crippen LogP contribution in [0.5, 0.6) is 5.75 Å². The standard InChI is InChI=1S/C22H25N5O2/c23-21(28)14-27-13-10-17-19(27)2-1-3-20(17)29-16-8-11-26(12-9-16)22-7-6-18(24-25-22)15-4-5-15/h1-3,6-7,10,13,15-16H,4-5,8-9,11-12,14H2,(H2,23,28). The number of fused-ring (bicyclic) bond motifs is 1. The second kappa shape index (κ2) is 7.39. The van der Waals surface area contributed by atoms with Crippen LogP contribution in [0.2, 0.25) is 0 Å². The SMILES string of the molecule is NC(=O)Cn1ccc2c(OC3CCN(c4ccc(C5CC5)nn4)CC3)cccc21. The molecular formula is C22H25N5O2. The topological polar surface area (TPSA) is 86.3 Å². The number of primary amides is 1. The molecule has 7 heteroatoms. The highest BCUT2D eigenvalue weighted by Crippen LogP contribution is 2.38. The monoisotopic (exact) mass is 391 g/mol. The molecule has 1 saturated carbocycles. The number of carbonyl (C=O) groups excluding carboxylic acids is 1. The number of hydrogen-bond acceptors (Lipinski definition) is 5. The molecule has 0 unspecified atom stereocenters. The van der Waals surface area contributed by atoms with Crippen LogP contribution in [-0.4, -0.2) is 39.9 Å². The van der Waals surface area contributed by atoms with Gasteiger partial charge in [-0.2, -0.15) is 5.10 Å². The Morgan fingerprint density at radius 2 is 1.90 bits per heavy atom. The third-order valence-electron chi connectivity index (χ3n) is 5.83. The highest BCUT2D eigenvalue weighted by atomic mass is 16.5. The van der Waals surface area contributed by atoms with Gasteiger partial charge in [-0.05, 0) is 43.2 Å². The maximum Gasteiger partial charge on any atom is 0.237 e. The first-order chi connectivity index (χ1) is 14.2. The van der Waals surface area contributed by atoms with Gasteiger partial charge in [0.1, 0.15) is 18.4 Å². The lowest BCUT2D eigenvalue weighted by Crippen LogP contribution is -2.38. The zero-order valence-electron chi connectivity index (χ0n) is 16.3. The van der Waals surface area contributed by atoms with E-state index >= 15 is 0 Å². The predicted molar refractivity (Wildman–Crippen MR) is 111 cm³/mol. The number of hydrogen-bond donors (Lipinski definition) is 1. The van der Waals surface area contributed by atoms with Crippen molar-refractivity contribution in [1.29, 1.82) is 0 Å². The van der Waals surface area contributed by atoms with E-state index in [0.717, 1.165) is 54.1 Å². The molecule has 0 spiro atoms. The first kappa shape index (κ1) is 18.0. The van der Waals surface area contributed by atoms with Gasteiger partial charge in [-0.3, -0.25) is 4.79 Å². The summed E-state index contributed by atoms with van der Waals surface area (Å²) in [5, 5.41) is 9.85. The number of rotatable bonds is 6. The van der Waals surface area contributed by atoms with Gasteiger partial charge in [0, 0.05) is 43.4 Å². The highest BCUT2D eigenvalue weighted by Gasteiger charge is 2.26. The molecule has 2 aliphatic rings. The quantitative estimate of drug-likeness (QED) is 0.698. The number of anilines is 1. The Morgan fingerprint density at radius 1 is 1.07 bits per heavy atom. The van der Waals surface area contributed by atoms with Crippen molar-refractivity contribution in [2.45, 2.75) is 44.2 Å². The van der Waals surface area contributed by atoms with Gasteiger partial charge in [0.2, 0.25) is 5.91 Å². The first-order valence-corrected chi connectivity index (χ1v) is 10.3. The highest BCUT2D eigenvalue weighted by molar-refractivity contribution is 5.87. The summed E-state index contributed by atoms with van der Waals surface area (Å²) in [5.41, 5.74) is 7.43. The molecule has 0 atom stereocenters. The van der Waals surface area contributed by atoms with Crippen LogP contribution in [0.3, 0.4) is 0 Å². The molecule has 2 aromatic heterocycles. The fourth-order valence-corrected chi connectivity index (χ4v) is 4.09. The molecule has 1 aromatic carbocycles. The summed E-state index contributed by atoms with van der Waals surface area (Å²) in [5.74, 6) is 2.10. The maximum atomic E-state index is 11.3. The molecule has 1 aliphatic heterocycles. The zero-order valence-corrected chi connectivity index (χ0v) is 16.3. The molecule has 1 amide bonds. The van der Waals surface area contributed by atoms with Crippen molar-refractivity contribution >= 4 is 22.6 Å². The van der Waals surface area contributed by atoms with Gasteiger partial charge in [-0.25, -0.2) is 0 Å². The second-order valence-electron chi connectivity index (χ2n) is 7.99. The Morgan fingerprint density at radius 3 is 2.59 bits per heavy atom. The van der Waals surface area contributed by atoms with Crippen LogP contribution in [0.15, 0.2) is 42.6 Å². The molecule has 7 nitrogen and oxygen atoms in total. The average Bonchev–Trinajstić information content (AvgIpc) is 3.51. The van der Waals surface area contributed by atoms with E-state index in [9.17, 15) is 4.79 Å². The van der Waals surface area contributed by atoms with Crippen LogP contribution in [-0.2, 0) is 11.3 Å². The molecule has 3 heterocycles. The minimum absolute atomic E-state index is 0.162. The van der Waals surface area contributed by atoms with Gasteiger partial charge in [-0.15, -0.1) is 5.10 Å². The lowest BCUT2D eigenvalue weighted by molar-refractivity contribution is -0.118. The van der Waals surface area contributed by atoms with E-state index in [0.29, 0.717) is 5.92 Å². The Labute approximate surface area is 169 Å². The van der Waals surface area contributed by atoms with Crippen LogP contribution in [0.25, 0.3) is 10.9 Å². The van der Waals surface area contributed by atoms with Gasteiger partial charge < -0.3 is 19.9 Å². The number of nitrogens with zero attached hydrogens (tertiary/aromatic N) is 4. The van der Waals surface area contributed by atoms with Crippen LogP contribution < -0.4 is 15.4 Å². The molecule has 3 aromatic rings. The fourth-order valence-electron chi connectivity index (χ4n) is 4.09. The molecular weight excluding hydrogens is 366 g/mol. The van der Waals surface area contributed by atoms with Crippen LogP contribution >= 0.6 is 0 Å². The Kier molecular flexibility index (Phi) is 4.58. The number of ether oxygens (including phenoxy) is 1. The third kappa shape index (κ3) is 3.77. The molecule has 2 N–H and O–H groups in total. The van der Waals surface area contributed by atoms with Crippen molar-refractivity contribution in [3.8, 4) is 5.75 Å². The van der Waals surface area contributed by atoms with Gasteiger partial charge in [0.05, 0.1) is 11.2 Å². The normalized spacial score (nSPS) is 17.6. The maximum absolute atomic E-state index is 11.3. The van der Waals surface area contributed by atoms with Gasteiger partial charge in [0.25, 0.3) is 0 Å². The summed E-state index contributed by atoms with van der Waals surface area (Å²) in [4.78, 5) is 13.6. The number of nitrogens with two attached hydrogens (primary N) is 1. The van der Waals surface area contributed by atoms with Gasteiger partial charge >= 0.3 is 0 Å². The number of carbonyl (C=O) groups is 1. The van der Waals surface area contributed by atoms with Gasteiger partial charge in [-0.1, -0.05) is 6.07 Å². The number of aromatic nitrogens is 3. The molecule has 1 saturated heterocycles. The molecule has 2 fully saturated rings. The Hall–Kier alpha value is -3.09. The van der Waals surface area contributed by atoms with Crippen molar-refractivity contribution in [2.24, 2.45) is 5.73 Å². The summed E-state index contributed by atoms with van der Waals surface area (Å²) in [6.45, 7) is 1.98. The van der Waals surface area contributed by atoms with Crippen molar-refractivity contribution in [2.75, 3.05) is 18.0 Å². The number of benzene rings is 1. The third-order valence-corrected chi connectivity index (χ3v) is 5.83. The van der Waals surface area contributed by atoms with Crippen molar-refractivity contribution in [3.63, 3.8) is 0 Å². The van der Waals surface area contributed by atoms with Crippen LogP contribution in [0.4, 0.5) is 5.82 Å². The zero-order chi connectivity index (χ0) is 19.8. The second-order valence-corrected chi connectivity index (χ2v) is 7.99.